The summed E-state index contributed by atoms with van der Waals surface area (Å²) in [5.74, 6) is -2.53. The van der Waals surface area contributed by atoms with Gasteiger partial charge < -0.3 is 14.8 Å². The second-order valence-electron chi connectivity index (χ2n) is 7.88. The number of esters is 1. The molecule has 5 amide bonds. The monoisotopic (exact) mass is 577 g/mol. The number of ether oxygens (including phenoxy) is 2. The number of methoxy groups -OCH3 is 1. The molecule has 0 aliphatic carbocycles. The van der Waals surface area contributed by atoms with E-state index in [2.05, 4.69) is 31.3 Å². The minimum absolute atomic E-state index is 0.141. The summed E-state index contributed by atoms with van der Waals surface area (Å²) in [5.41, 5.74) is 0.953. The average molecular weight is 578 g/mol. The fraction of sp³-hybridized carbons (Fsp3) is 0.0741. The third kappa shape index (κ3) is 5.95. The SMILES string of the molecule is COC(=O)c1ccc(N2C(=O)NC(=O)/C(=C\c3cc(Br)ccc3OCC(=O)Nc3ccccc3)C2=O)cc1. The number of urea groups is 1. The zero-order valence-electron chi connectivity index (χ0n) is 19.9. The predicted octanol–water partition coefficient (Wildman–Crippen LogP) is 3.92. The van der Waals surface area contributed by atoms with Crippen LogP contribution in [0.1, 0.15) is 15.9 Å². The summed E-state index contributed by atoms with van der Waals surface area (Å²) >= 11 is 3.35. The Morgan fingerprint density at radius 3 is 2.39 bits per heavy atom. The Hall–Kier alpha value is -4.77. The number of rotatable bonds is 7. The molecular weight excluding hydrogens is 558 g/mol. The lowest BCUT2D eigenvalue weighted by Crippen LogP contribution is -2.54. The lowest BCUT2D eigenvalue weighted by atomic mass is 10.1. The molecular formula is C27H20BrN3O7. The van der Waals surface area contributed by atoms with Crippen LogP contribution >= 0.6 is 15.9 Å². The summed E-state index contributed by atoms with van der Waals surface area (Å²) in [6.07, 6.45) is 1.27. The van der Waals surface area contributed by atoms with Crippen LogP contribution in [0.25, 0.3) is 6.08 Å². The van der Waals surface area contributed by atoms with Crippen LogP contribution in [0.2, 0.25) is 0 Å². The van der Waals surface area contributed by atoms with Gasteiger partial charge in [0.2, 0.25) is 0 Å². The van der Waals surface area contributed by atoms with Crippen molar-refractivity contribution in [2.75, 3.05) is 23.9 Å². The zero-order chi connectivity index (χ0) is 27.2. The van der Waals surface area contributed by atoms with Crippen LogP contribution < -0.4 is 20.3 Å². The first-order valence-corrected chi connectivity index (χ1v) is 11.9. The maximum Gasteiger partial charge on any atom is 0.337 e. The van der Waals surface area contributed by atoms with E-state index in [4.69, 9.17) is 4.74 Å². The molecule has 0 saturated carbocycles. The summed E-state index contributed by atoms with van der Waals surface area (Å²) in [5, 5.41) is 4.84. The van der Waals surface area contributed by atoms with E-state index < -0.39 is 29.7 Å². The largest absolute Gasteiger partial charge is 0.483 e. The van der Waals surface area contributed by atoms with E-state index in [-0.39, 0.29) is 29.2 Å². The van der Waals surface area contributed by atoms with Crippen molar-refractivity contribution >= 4 is 63.1 Å². The Kier molecular flexibility index (Phi) is 7.97. The highest BCUT2D eigenvalue weighted by atomic mass is 79.9. The van der Waals surface area contributed by atoms with Crippen LogP contribution in [0, 0.1) is 0 Å². The summed E-state index contributed by atoms with van der Waals surface area (Å²) in [6.45, 7) is -0.329. The second kappa shape index (κ2) is 11.5. The molecule has 1 aliphatic rings. The van der Waals surface area contributed by atoms with Gasteiger partial charge in [0.25, 0.3) is 17.7 Å². The highest BCUT2D eigenvalue weighted by molar-refractivity contribution is 9.10. The molecule has 10 nitrogen and oxygen atoms in total. The molecule has 0 aromatic heterocycles. The molecule has 2 N–H and O–H groups in total. The summed E-state index contributed by atoms with van der Waals surface area (Å²) in [4.78, 5) is 63.2. The van der Waals surface area contributed by atoms with Gasteiger partial charge in [0.1, 0.15) is 11.3 Å². The fourth-order valence-electron chi connectivity index (χ4n) is 3.54. The first kappa shape index (κ1) is 26.3. The maximum atomic E-state index is 13.3. The minimum Gasteiger partial charge on any atom is -0.483 e. The van der Waals surface area contributed by atoms with Gasteiger partial charge in [-0.25, -0.2) is 14.5 Å². The first-order chi connectivity index (χ1) is 18.3. The van der Waals surface area contributed by atoms with E-state index in [1.165, 1.54) is 37.5 Å². The first-order valence-electron chi connectivity index (χ1n) is 11.1. The van der Waals surface area contributed by atoms with E-state index in [9.17, 15) is 24.0 Å². The molecule has 0 radical (unpaired) electrons. The third-order valence-electron chi connectivity index (χ3n) is 5.34. The molecule has 0 spiro atoms. The van der Waals surface area contributed by atoms with Gasteiger partial charge in [-0.1, -0.05) is 34.1 Å². The van der Waals surface area contributed by atoms with Crippen LogP contribution in [0.4, 0.5) is 16.2 Å². The van der Waals surface area contributed by atoms with Gasteiger partial charge in [-0.05, 0) is 60.7 Å². The van der Waals surface area contributed by atoms with Crippen molar-refractivity contribution in [3.05, 3.63) is 94.0 Å². The van der Waals surface area contributed by atoms with Crippen molar-refractivity contribution in [1.82, 2.24) is 5.32 Å². The Morgan fingerprint density at radius 2 is 1.71 bits per heavy atom. The van der Waals surface area contributed by atoms with Crippen LogP contribution in [0.5, 0.6) is 5.75 Å². The summed E-state index contributed by atoms with van der Waals surface area (Å²) in [7, 11) is 1.23. The van der Waals surface area contributed by atoms with E-state index >= 15 is 0 Å². The molecule has 1 aliphatic heterocycles. The molecule has 4 rings (SSSR count). The van der Waals surface area contributed by atoms with Crippen LogP contribution in [-0.2, 0) is 19.1 Å². The number of benzene rings is 3. The van der Waals surface area contributed by atoms with Crippen molar-refractivity contribution in [3.8, 4) is 5.75 Å². The predicted molar refractivity (Wildman–Crippen MR) is 141 cm³/mol. The Bertz CT molecular complexity index is 1450. The van der Waals surface area contributed by atoms with Crippen LogP contribution in [-0.4, -0.2) is 43.4 Å². The second-order valence-corrected chi connectivity index (χ2v) is 8.80. The maximum absolute atomic E-state index is 13.3. The van der Waals surface area contributed by atoms with Crippen LogP contribution in [0.15, 0.2) is 82.8 Å². The van der Waals surface area contributed by atoms with Crippen molar-refractivity contribution in [2.24, 2.45) is 0 Å². The number of halogens is 1. The number of carbonyl (C=O) groups excluding carboxylic acids is 5. The van der Waals surface area contributed by atoms with E-state index in [1.54, 1.807) is 42.5 Å². The number of amides is 5. The molecule has 0 unspecified atom stereocenters. The van der Waals surface area contributed by atoms with Crippen molar-refractivity contribution in [3.63, 3.8) is 0 Å². The average Bonchev–Trinajstić information content (AvgIpc) is 2.91. The van der Waals surface area contributed by atoms with E-state index in [0.717, 1.165) is 4.90 Å². The fourth-order valence-corrected chi connectivity index (χ4v) is 3.92. The van der Waals surface area contributed by atoms with Crippen molar-refractivity contribution < 1.29 is 33.4 Å². The number of anilines is 2. The molecule has 3 aromatic carbocycles. The number of hydrogen-bond acceptors (Lipinski definition) is 7. The van der Waals surface area contributed by atoms with Crippen LogP contribution in [0.3, 0.4) is 0 Å². The molecule has 192 valence electrons. The summed E-state index contributed by atoms with van der Waals surface area (Å²) in [6, 6.07) is 18.3. The molecule has 1 saturated heterocycles. The number of para-hydroxylation sites is 1. The van der Waals surface area contributed by atoms with Gasteiger partial charge in [0, 0.05) is 15.7 Å². The Morgan fingerprint density at radius 1 is 1.00 bits per heavy atom. The molecule has 0 bridgehead atoms. The number of imide groups is 2. The molecule has 0 atom stereocenters. The van der Waals surface area contributed by atoms with Gasteiger partial charge >= 0.3 is 12.0 Å². The van der Waals surface area contributed by atoms with Gasteiger partial charge in [0.05, 0.1) is 18.4 Å². The summed E-state index contributed by atoms with van der Waals surface area (Å²) < 4.78 is 11.0. The Balaban J connectivity index is 1.58. The normalized spacial score (nSPS) is 14.2. The number of hydrogen-bond donors (Lipinski definition) is 2. The standard InChI is InChI=1S/C27H20BrN3O7/c1-37-26(35)16-7-10-20(11-8-16)31-25(34)21(24(33)30-27(31)36)14-17-13-18(28)9-12-22(17)38-15-23(32)29-19-5-3-2-4-6-19/h2-14H,15H2,1H3,(H,29,32)(H,30,33,36)/b21-14+. The van der Waals surface area contributed by atoms with E-state index in [0.29, 0.717) is 15.7 Å². The minimum atomic E-state index is -0.939. The molecule has 11 heteroatoms. The number of nitrogens with zero attached hydrogens (tertiary/aromatic N) is 1. The van der Waals surface area contributed by atoms with Gasteiger partial charge in [-0.15, -0.1) is 0 Å². The highest BCUT2D eigenvalue weighted by Crippen LogP contribution is 2.28. The lowest BCUT2D eigenvalue weighted by Gasteiger charge is -2.26. The van der Waals surface area contributed by atoms with Gasteiger partial charge in [-0.2, -0.15) is 0 Å². The number of nitrogens with one attached hydrogen (secondary N) is 2. The quantitative estimate of drug-likeness (QED) is 0.247. The molecule has 1 fully saturated rings. The van der Waals surface area contributed by atoms with Crippen molar-refractivity contribution in [1.29, 1.82) is 0 Å². The number of carbonyl (C=O) groups is 5. The van der Waals surface area contributed by atoms with Gasteiger partial charge in [0.15, 0.2) is 6.61 Å². The van der Waals surface area contributed by atoms with Gasteiger partial charge in [-0.3, -0.25) is 19.7 Å². The lowest BCUT2D eigenvalue weighted by molar-refractivity contribution is -0.122. The van der Waals surface area contributed by atoms with Crippen molar-refractivity contribution in [2.45, 2.75) is 0 Å². The highest BCUT2D eigenvalue weighted by Gasteiger charge is 2.37. The third-order valence-corrected chi connectivity index (χ3v) is 5.83. The molecule has 1 heterocycles. The zero-order valence-corrected chi connectivity index (χ0v) is 21.5. The molecule has 38 heavy (non-hydrogen) atoms. The topological polar surface area (TPSA) is 131 Å². The molecule has 3 aromatic rings. The Labute approximate surface area is 225 Å². The number of barbiturate groups is 1. The van der Waals surface area contributed by atoms with E-state index in [1.807, 2.05) is 6.07 Å². The smallest absolute Gasteiger partial charge is 0.337 e.